The van der Waals surface area contributed by atoms with E-state index in [4.69, 9.17) is 21.1 Å². The number of carbonyl (C=O) groups is 1. The Bertz CT molecular complexity index is 984. The van der Waals surface area contributed by atoms with E-state index in [9.17, 15) is 13.2 Å². The molecule has 3 rings (SSSR count). The highest BCUT2D eigenvalue weighted by molar-refractivity contribution is 7.93. The zero-order valence-corrected chi connectivity index (χ0v) is 15.0. The standard InChI is InChI=1S/C18H14ClNO5S/c19-15-10-14(11-16-18(15)25-12-24-16)6-7-17(21)20-26(22,23)9-8-13-4-2-1-3-5-13/h1-11H,12H2,(H,20,21)/b7-6+,9-8+. The lowest BCUT2D eigenvalue weighted by atomic mass is 10.2. The van der Waals surface area contributed by atoms with Crippen molar-refractivity contribution >= 4 is 39.7 Å². The Morgan fingerprint density at radius 2 is 1.85 bits per heavy atom. The third-order valence-electron chi connectivity index (χ3n) is 3.36. The van der Waals surface area contributed by atoms with Crippen LogP contribution >= 0.6 is 11.6 Å². The zero-order chi connectivity index (χ0) is 18.6. The van der Waals surface area contributed by atoms with Crippen molar-refractivity contribution in [3.8, 4) is 11.5 Å². The Morgan fingerprint density at radius 3 is 2.62 bits per heavy atom. The van der Waals surface area contributed by atoms with Crippen LogP contribution in [0.15, 0.2) is 53.9 Å². The fraction of sp³-hybridized carbons (Fsp3) is 0.0556. The third kappa shape index (κ3) is 4.65. The van der Waals surface area contributed by atoms with Gasteiger partial charge in [0.25, 0.3) is 15.9 Å². The lowest BCUT2D eigenvalue weighted by Crippen LogP contribution is -2.26. The van der Waals surface area contributed by atoms with E-state index in [1.807, 2.05) is 10.8 Å². The highest BCUT2D eigenvalue weighted by Gasteiger charge is 2.17. The van der Waals surface area contributed by atoms with Crippen molar-refractivity contribution in [2.45, 2.75) is 0 Å². The number of nitrogens with one attached hydrogen (secondary N) is 1. The van der Waals surface area contributed by atoms with Crippen LogP contribution in [0.5, 0.6) is 11.5 Å². The summed E-state index contributed by atoms with van der Waals surface area (Å²) in [6.07, 6.45) is 3.93. The summed E-state index contributed by atoms with van der Waals surface area (Å²) in [6.45, 7) is 0.0781. The second kappa shape index (κ2) is 7.63. The van der Waals surface area contributed by atoms with Crippen LogP contribution in [-0.4, -0.2) is 21.1 Å². The summed E-state index contributed by atoms with van der Waals surface area (Å²) in [4.78, 5) is 11.9. The van der Waals surface area contributed by atoms with Gasteiger partial charge in [-0.25, -0.2) is 13.1 Å². The largest absolute Gasteiger partial charge is 0.454 e. The maximum atomic E-state index is 11.9. The van der Waals surface area contributed by atoms with Crippen molar-refractivity contribution in [2.75, 3.05) is 6.79 Å². The molecule has 0 saturated heterocycles. The lowest BCUT2D eigenvalue weighted by molar-refractivity contribution is -0.114. The molecule has 0 unspecified atom stereocenters. The normalized spacial score (nSPS) is 13.4. The molecule has 0 aliphatic carbocycles. The Hall–Kier alpha value is -2.77. The van der Waals surface area contributed by atoms with Crippen LogP contribution in [0.3, 0.4) is 0 Å². The van der Waals surface area contributed by atoms with Gasteiger partial charge in [-0.15, -0.1) is 0 Å². The molecule has 2 aromatic carbocycles. The number of benzene rings is 2. The molecular weight excluding hydrogens is 378 g/mol. The second-order valence-electron chi connectivity index (χ2n) is 5.29. The van der Waals surface area contributed by atoms with E-state index >= 15 is 0 Å². The molecule has 0 radical (unpaired) electrons. The number of fused-ring (bicyclic) bond motifs is 1. The van der Waals surface area contributed by atoms with Gasteiger partial charge >= 0.3 is 0 Å². The van der Waals surface area contributed by atoms with Gasteiger partial charge in [-0.1, -0.05) is 41.9 Å². The molecule has 1 heterocycles. The molecule has 1 aliphatic rings. The van der Waals surface area contributed by atoms with E-state index in [0.717, 1.165) is 11.5 Å². The summed E-state index contributed by atoms with van der Waals surface area (Å²) < 4.78 is 36.2. The monoisotopic (exact) mass is 391 g/mol. The van der Waals surface area contributed by atoms with Gasteiger partial charge in [0.2, 0.25) is 6.79 Å². The smallest absolute Gasteiger partial charge is 0.257 e. The van der Waals surface area contributed by atoms with Gasteiger partial charge in [-0.05, 0) is 35.4 Å². The SMILES string of the molecule is O=C(/C=C/c1cc(Cl)c2c(c1)OCO2)NS(=O)(=O)/C=C/c1ccccc1. The Morgan fingerprint density at radius 1 is 1.08 bits per heavy atom. The van der Waals surface area contributed by atoms with E-state index in [0.29, 0.717) is 27.6 Å². The molecule has 26 heavy (non-hydrogen) atoms. The van der Waals surface area contributed by atoms with Gasteiger partial charge < -0.3 is 9.47 Å². The molecule has 6 nitrogen and oxygen atoms in total. The van der Waals surface area contributed by atoms with Crippen LogP contribution in [-0.2, 0) is 14.8 Å². The molecular formula is C18H14ClNO5S. The molecule has 8 heteroatoms. The van der Waals surface area contributed by atoms with Crippen molar-refractivity contribution < 1.29 is 22.7 Å². The minimum atomic E-state index is -3.90. The molecule has 1 amide bonds. The van der Waals surface area contributed by atoms with E-state index in [2.05, 4.69) is 0 Å². The van der Waals surface area contributed by atoms with E-state index in [1.165, 1.54) is 12.2 Å². The maximum Gasteiger partial charge on any atom is 0.257 e. The molecule has 0 bridgehead atoms. The molecule has 1 aliphatic heterocycles. The fourth-order valence-corrected chi connectivity index (χ4v) is 3.22. The first-order chi connectivity index (χ1) is 12.4. The van der Waals surface area contributed by atoms with Gasteiger partial charge in [-0.2, -0.15) is 0 Å². The number of amides is 1. The number of sulfonamides is 1. The molecule has 0 fully saturated rings. The third-order valence-corrected chi connectivity index (χ3v) is 4.62. The topological polar surface area (TPSA) is 81.7 Å². The molecule has 0 aromatic heterocycles. The number of halogens is 1. The van der Waals surface area contributed by atoms with E-state index in [-0.39, 0.29) is 6.79 Å². The molecule has 0 saturated carbocycles. The van der Waals surface area contributed by atoms with Crippen molar-refractivity contribution in [2.24, 2.45) is 0 Å². The molecule has 1 N–H and O–H groups in total. The first-order valence-electron chi connectivity index (χ1n) is 7.50. The van der Waals surface area contributed by atoms with Gasteiger partial charge in [0, 0.05) is 6.08 Å². The molecule has 0 spiro atoms. The second-order valence-corrected chi connectivity index (χ2v) is 7.27. The van der Waals surface area contributed by atoms with Crippen LogP contribution < -0.4 is 14.2 Å². The van der Waals surface area contributed by atoms with Gasteiger partial charge in [0.1, 0.15) is 0 Å². The molecule has 134 valence electrons. The summed E-state index contributed by atoms with van der Waals surface area (Å²) in [5, 5.41) is 1.28. The quantitative estimate of drug-likeness (QED) is 0.791. The number of carbonyl (C=O) groups excluding carboxylic acids is 1. The summed E-state index contributed by atoms with van der Waals surface area (Å²) in [7, 11) is -3.90. The van der Waals surface area contributed by atoms with Crippen molar-refractivity contribution in [3.05, 3.63) is 70.1 Å². The van der Waals surface area contributed by atoms with Crippen LogP contribution in [0.25, 0.3) is 12.2 Å². The van der Waals surface area contributed by atoms with Crippen molar-refractivity contribution in [1.29, 1.82) is 0 Å². The Kier molecular flexibility index (Phi) is 5.29. The number of ether oxygens (including phenoxy) is 2. The molecule has 2 aromatic rings. The lowest BCUT2D eigenvalue weighted by Gasteiger charge is -2.02. The minimum absolute atomic E-state index is 0.0781. The average molecular weight is 392 g/mol. The fourth-order valence-electron chi connectivity index (χ4n) is 2.20. The van der Waals surface area contributed by atoms with Crippen LogP contribution in [0.4, 0.5) is 0 Å². The summed E-state index contributed by atoms with van der Waals surface area (Å²) in [6, 6.07) is 12.1. The Labute approximate surface area is 155 Å². The number of hydrogen-bond donors (Lipinski definition) is 1. The Balaban J connectivity index is 1.66. The first-order valence-corrected chi connectivity index (χ1v) is 9.42. The van der Waals surface area contributed by atoms with E-state index < -0.39 is 15.9 Å². The predicted molar refractivity (Wildman–Crippen MR) is 99.1 cm³/mol. The number of hydrogen-bond acceptors (Lipinski definition) is 5. The highest BCUT2D eigenvalue weighted by atomic mass is 35.5. The first kappa shape index (κ1) is 18.0. The van der Waals surface area contributed by atoms with Crippen LogP contribution in [0.2, 0.25) is 5.02 Å². The van der Waals surface area contributed by atoms with Crippen molar-refractivity contribution in [3.63, 3.8) is 0 Å². The van der Waals surface area contributed by atoms with Gasteiger partial charge in [-0.3, -0.25) is 4.79 Å². The predicted octanol–water partition coefficient (Wildman–Crippen LogP) is 3.20. The van der Waals surface area contributed by atoms with Gasteiger partial charge in [0.05, 0.1) is 10.4 Å². The minimum Gasteiger partial charge on any atom is -0.454 e. The van der Waals surface area contributed by atoms with Crippen molar-refractivity contribution in [1.82, 2.24) is 4.72 Å². The van der Waals surface area contributed by atoms with Crippen LogP contribution in [0.1, 0.15) is 11.1 Å². The molecule has 0 atom stereocenters. The maximum absolute atomic E-state index is 11.9. The summed E-state index contributed by atoms with van der Waals surface area (Å²) in [5.74, 6) is 0.134. The number of rotatable bonds is 5. The zero-order valence-electron chi connectivity index (χ0n) is 13.4. The average Bonchev–Trinajstić information content (AvgIpc) is 3.08. The van der Waals surface area contributed by atoms with E-state index in [1.54, 1.807) is 36.4 Å². The highest BCUT2D eigenvalue weighted by Crippen LogP contribution is 2.40. The van der Waals surface area contributed by atoms with Gasteiger partial charge in [0.15, 0.2) is 11.5 Å². The summed E-state index contributed by atoms with van der Waals surface area (Å²) >= 11 is 6.05. The summed E-state index contributed by atoms with van der Waals surface area (Å²) in [5.41, 5.74) is 1.28. The van der Waals surface area contributed by atoms with Crippen LogP contribution in [0, 0.1) is 0 Å².